The van der Waals surface area contributed by atoms with Crippen LogP contribution in [0.3, 0.4) is 0 Å². The van der Waals surface area contributed by atoms with Gasteiger partial charge in [-0.1, -0.05) is 54.6 Å². The van der Waals surface area contributed by atoms with Gasteiger partial charge in [-0.25, -0.2) is 4.79 Å². The average Bonchev–Trinajstić information content (AvgIpc) is 3.29. The average molecular weight is 268 g/mol. The van der Waals surface area contributed by atoms with Crippen LogP contribution in [0, 0.1) is 0 Å². The molecule has 2 aromatic carbocycles. The summed E-state index contributed by atoms with van der Waals surface area (Å²) in [6, 6.07) is 17.6. The van der Waals surface area contributed by atoms with E-state index in [1.165, 1.54) is 0 Å². The number of carboxylic acid groups (broad SMARTS) is 1. The molecule has 0 aromatic heterocycles. The number of aliphatic hydroxyl groups excluding tert-OH is 1. The van der Waals surface area contributed by atoms with E-state index in [1.54, 1.807) is 0 Å². The first-order chi connectivity index (χ1) is 9.65. The van der Waals surface area contributed by atoms with E-state index in [-0.39, 0.29) is 0 Å². The fourth-order valence-corrected chi connectivity index (χ4v) is 2.85. The zero-order valence-electron chi connectivity index (χ0n) is 11.0. The lowest BCUT2D eigenvalue weighted by Crippen LogP contribution is -2.34. The molecule has 0 radical (unpaired) electrons. The maximum Gasteiger partial charge on any atom is 0.333 e. The Kier molecular flexibility index (Phi) is 3.07. The highest BCUT2D eigenvalue weighted by molar-refractivity contribution is 5.78. The minimum atomic E-state index is -1.34. The highest BCUT2D eigenvalue weighted by Crippen LogP contribution is 2.53. The Labute approximate surface area is 117 Å². The fourth-order valence-electron chi connectivity index (χ4n) is 2.85. The van der Waals surface area contributed by atoms with Gasteiger partial charge in [-0.05, 0) is 29.5 Å². The molecule has 1 aliphatic rings. The van der Waals surface area contributed by atoms with Gasteiger partial charge in [-0.15, -0.1) is 0 Å². The van der Waals surface area contributed by atoms with Gasteiger partial charge >= 0.3 is 5.97 Å². The van der Waals surface area contributed by atoms with Crippen molar-refractivity contribution in [2.75, 3.05) is 0 Å². The molecule has 3 nitrogen and oxygen atoms in total. The minimum Gasteiger partial charge on any atom is -0.479 e. The molecule has 0 amide bonds. The number of benzene rings is 2. The second-order valence-corrected chi connectivity index (χ2v) is 5.31. The van der Waals surface area contributed by atoms with Gasteiger partial charge in [0.25, 0.3) is 0 Å². The van der Waals surface area contributed by atoms with Gasteiger partial charge < -0.3 is 10.2 Å². The maximum atomic E-state index is 11.2. The Morgan fingerprint density at radius 3 is 2.20 bits per heavy atom. The van der Waals surface area contributed by atoms with Crippen LogP contribution in [-0.2, 0) is 10.2 Å². The first kappa shape index (κ1) is 12.9. The zero-order valence-corrected chi connectivity index (χ0v) is 11.0. The third-order valence-corrected chi connectivity index (χ3v) is 4.09. The molecule has 1 fully saturated rings. The van der Waals surface area contributed by atoms with E-state index in [4.69, 9.17) is 5.11 Å². The normalized spacial score (nSPS) is 17.4. The molecule has 1 aliphatic carbocycles. The van der Waals surface area contributed by atoms with Crippen LogP contribution in [0.2, 0.25) is 0 Å². The van der Waals surface area contributed by atoms with E-state index in [1.807, 2.05) is 54.6 Å². The summed E-state index contributed by atoms with van der Waals surface area (Å²) in [4.78, 5) is 11.2. The number of carboxylic acids is 1. The van der Waals surface area contributed by atoms with E-state index in [0.717, 1.165) is 16.7 Å². The van der Waals surface area contributed by atoms with E-state index in [9.17, 15) is 9.90 Å². The Morgan fingerprint density at radius 1 is 1.00 bits per heavy atom. The Morgan fingerprint density at radius 2 is 1.60 bits per heavy atom. The van der Waals surface area contributed by atoms with Crippen molar-refractivity contribution in [3.8, 4) is 11.1 Å². The molecule has 1 atom stereocenters. The molecule has 0 heterocycles. The maximum absolute atomic E-state index is 11.2. The van der Waals surface area contributed by atoms with Crippen molar-refractivity contribution in [1.29, 1.82) is 0 Å². The van der Waals surface area contributed by atoms with Crippen molar-refractivity contribution in [3.05, 3.63) is 60.2 Å². The van der Waals surface area contributed by atoms with Gasteiger partial charge in [0.05, 0.1) is 0 Å². The van der Waals surface area contributed by atoms with Crippen LogP contribution in [-0.4, -0.2) is 22.3 Å². The van der Waals surface area contributed by atoms with Crippen molar-refractivity contribution < 1.29 is 15.0 Å². The first-order valence-electron chi connectivity index (χ1n) is 6.71. The summed E-state index contributed by atoms with van der Waals surface area (Å²) < 4.78 is 0. The van der Waals surface area contributed by atoms with Gasteiger partial charge in [0.1, 0.15) is 0 Å². The molecule has 0 spiro atoms. The highest BCUT2D eigenvalue weighted by atomic mass is 16.4. The van der Waals surface area contributed by atoms with E-state index < -0.39 is 17.5 Å². The van der Waals surface area contributed by atoms with Crippen molar-refractivity contribution in [3.63, 3.8) is 0 Å². The number of aliphatic hydroxyl groups is 1. The lowest BCUT2D eigenvalue weighted by molar-refractivity contribution is -0.148. The van der Waals surface area contributed by atoms with Crippen LogP contribution < -0.4 is 0 Å². The van der Waals surface area contributed by atoms with Crippen LogP contribution in [0.4, 0.5) is 0 Å². The van der Waals surface area contributed by atoms with Crippen molar-refractivity contribution in [2.24, 2.45) is 0 Å². The Hall–Kier alpha value is -2.13. The molecular formula is C17H16O3. The molecule has 102 valence electrons. The lowest BCUT2D eigenvalue weighted by atomic mass is 9.84. The standard InChI is InChI=1S/C17H16O3/c18-15(16(19)20)17(10-11-17)14-9-5-4-8-13(14)12-6-2-1-3-7-12/h1-9,15,18H,10-11H2,(H,19,20). The molecule has 0 aliphatic heterocycles. The van der Waals surface area contributed by atoms with Crippen LogP contribution in [0.25, 0.3) is 11.1 Å². The molecule has 0 saturated heterocycles. The molecule has 0 bridgehead atoms. The summed E-state index contributed by atoms with van der Waals surface area (Å²) in [5.41, 5.74) is 2.36. The van der Waals surface area contributed by atoms with E-state index in [2.05, 4.69) is 0 Å². The molecule has 3 rings (SSSR count). The lowest BCUT2D eigenvalue weighted by Gasteiger charge is -2.22. The van der Waals surface area contributed by atoms with E-state index in [0.29, 0.717) is 12.8 Å². The largest absolute Gasteiger partial charge is 0.479 e. The summed E-state index contributed by atoms with van der Waals surface area (Å²) in [5, 5.41) is 19.2. The predicted octanol–water partition coefficient (Wildman–Crippen LogP) is 2.83. The SMILES string of the molecule is O=C(O)C(O)C1(c2ccccc2-c2ccccc2)CC1. The van der Waals surface area contributed by atoms with Gasteiger partial charge in [0.15, 0.2) is 6.10 Å². The zero-order chi connectivity index (χ0) is 14.2. The molecule has 1 unspecified atom stereocenters. The molecule has 2 N–H and O–H groups in total. The predicted molar refractivity (Wildman–Crippen MR) is 76.4 cm³/mol. The molecule has 3 heteroatoms. The summed E-state index contributed by atoms with van der Waals surface area (Å²) in [6.45, 7) is 0. The molecule has 20 heavy (non-hydrogen) atoms. The summed E-state index contributed by atoms with van der Waals surface area (Å²) in [5.74, 6) is -1.15. The second kappa shape index (κ2) is 4.76. The van der Waals surface area contributed by atoms with Crippen LogP contribution in [0.5, 0.6) is 0 Å². The van der Waals surface area contributed by atoms with Gasteiger partial charge in [-0.3, -0.25) is 0 Å². The van der Waals surface area contributed by atoms with Crippen LogP contribution in [0.15, 0.2) is 54.6 Å². The molecule has 1 saturated carbocycles. The van der Waals surface area contributed by atoms with Crippen molar-refractivity contribution in [1.82, 2.24) is 0 Å². The van der Waals surface area contributed by atoms with Crippen LogP contribution in [0.1, 0.15) is 18.4 Å². The second-order valence-electron chi connectivity index (χ2n) is 5.31. The molecular weight excluding hydrogens is 252 g/mol. The summed E-state index contributed by atoms with van der Waals surface area (Å²) in [7, 11) is 0. The fraction of sp³-hybridized carbons (Fsp3) is 0.235. The number of rotatable bonds is 4. The third-order valence-electron chi connectivity index (χ3n) is 4.09. The topological polar surface area (TPSA) is 57.5 Å². The summed E-state index contributed by atoms with van der Waals surface area (Å²) in [6.07, 6.45) is 0.0848. The number of carbonyl (C=O) groups is 1. The quantitative estimate of drug-likeness (QED) is 0.896. The summed E-state index contributed by atoms with van der Waals surface area (Å²) >= 11 is 0. The smallest absolute Gasteiger partial charge is 0.333 e. The monoisotopic (exact) mass is 268 g/mol. The number of aliphatic carboxylic acids is 1. The van der Waals surface area contributed by atoms with Gasteiger partial charge in [0.2, 0.25) is 0 Å². The first-order valence-corrected chi connectivity index (χ1v) is 6.71. The van der Waals surface area contributed by atoms with Crippen molar-refractivity contribution in [2.45, 2.75) is 24.4 Å². The number of hydrogen-bond donors (Lipinski definition) is 2. The van der Waals surface area contributed by atoms with Crippen LogP contribution >= 0.6 is 0 Å². The third kappa shape index (κ3) is 2.00. The highest BCUT2D eigenvalue weighted by Gasteiger charge is 2.54. The van der Waals surface area contributed by atoms with Gasteiger partial charge in [-0.2, -0.15) is 0 Å². The van der Waals surface area contributed by atoms with Crippen molar-refractivity contribution >= 4 is 5.97 Å². The minimum absolute atomic E-state index is 0.627. The number of hydrogen-bond acceptors (Lipinski definition) is 2. The van der Waals surface area contributed by atoms with E-state index >= 15 is 0 Å². The Bertz CT molecular complexity index is 630. The molecule has 2 aromatic rings. The van der Waals surface area contributed by atoms with Gasteiger partial charge in [0, 0.05) is 5.41 Å². The Balaban J connectivity index is 2.10.